The quantitative estimate of drug-likeness (QED) is 0.880. The van der Waals surface area contributed by atoms with Crippen LogP contribution in [-0.4, -0.2) is 11.1 Å². The van der Waals surface area contributed by atoms with Gasteiger partial charge >= 0.3 is 0 Å². The second-order valence-electron chi connectivity index (χ2n) is 4.92. The summed E-state index contributed by atoms with van der Waals surface area (Å²) in [7, 11) is 0. The second-order valence-corrected chi connectivity index (χ2v) is 5.33. The van der Waals surface area contributed by atoms with Crippen molar-refractivity contribution in [1.82, 2.24) is 10.5 Å². The van der Waals surface area contributed by atoms with Crippen LogP contribution in [0, 0.1) is 11.6 Å². The van der Waals surface area contributed by atoms with Crippen molar-refractivity contribution in [3.8, 4) is 0 Å². The molecule has 1 amide bonds. The first-order valence-corrected chi connectivity index (χ1v) is 6.80. The Bertz CT molecular complexity index is 698. The van der Waals surface area contributed by atoms with Gasteiger partial charge in [-0.1, -0.05) is 16.8 Å². The highest BCUT2D eigenvalue weighted by Crippen LogP contribution is 2.41. The number of benzene rings is 1. The molecule has 1 saturated carbocycles. The van der Waals surface area contributed by atoms with Gasteiger partial charge in [0.25, 0.3) is 5.91 Å². The van der Waals surface area contributed by atoms with Crippen LogP contribution in [0.15, 0.2) is 22.9 Å². The number of aromatic nitrogens is 1. The van der Waals surface area contributed by atoms with Gasteiger partial charge in [-0.25, -0.2) is 8.78 Å². The molecule has 3 rings (SSSR count). The van der Waals surface area contributed by atoms with Crippen LogP contribution in [0.3, 0.4) is 0 Å². The van der Waals surface area contributed by atoms with E-state index in [1.54, 1.807) is 0 Å². The van der Waals surface area contributed by atoms with Gasteiger partial charge in [0, 0.05) is 18.0 Å². The lowest BCUT2D eigenvalue weighted by atomic mass is 10.1. The molecule has 1 aliphatic rings. The van der Waals surface area contributed by atoms with Crippen LogP contribution < -0.4 is 5.32 Å². The molecule has 0 radical (unpaired) electrons. The molecule has 0 saturated heterocycles. The third-order valence-electron chi connectivity index (χ3n) is 3.32. The van der Waals surface area contributed by atoms with Gasteiger partial charge in [-0.05, 0) is 25.0 Å². The predicted molar refractivity (Wildman–Crippen MR) is 71.0 cm³/mol. The predicted octanol–water partition coefficient (Wildman–Crippen LogP) is 3.41. The normalized spacial score (nSPS) is 14.2. The average Bonchev–Trinajstić information content (AvgIpc) is 3.19. The Hall–Kier alpha value is -1.95. The minimum Gasteiger partial charge on any atom is -0.361 e. The van der Waals surface area contributed by atoms with Gasteiger partial charge in [0.05, 0.1) is 16.8 Å². The van der Waals surface area contributed by atoms with Crippen LogP contribution in [0.4, 0.5) is 8.78 Å². The van der Waals surface area contributed by atoms with Crippen molar-refractivity contribution in [2.45, 2.75) is 25.3 Å². The molecule has 1 N–H and O–H groups in total. The number of carbonyl (C=O) groups is 1. The number of rotatable bonds is 4. The molecule has 0 unspecified atom stereocenters. The number of carbonyl (C=O) groups excluding carboxylic acids is 1. The number of halogens is 3. The molecule has 1 heterocycles. The van der Waals surface area contributed by atoms with E-state index in [2.05, 4.69) is 10.5 Å². The van der Waals surface area contributed by atoms with Crippen LogP contribution in [0.25, 0.3) is 0 Å². The summed E-state index contributed by atoms with van der Waals surface area (Å²) >= 11 is 5.44. The van der Waals surface area contributed by atoms with E-state index >= 15 is 0 Å². The van der Waals surface area contributed by atoms with Crippen LogP contribution in [0.2, 0.25) is 5.02 Å². The van der Waals surface area contributed by atoms with Gasteiger partial charge < -0.3 is 9.84 Å². The lowest BCUT2D eigenvalue weighted by Gasteiger charge is -2.06. The second kappa shape index (κ2) is 5.44. The zero-order valence-electron chi connectivity index (χ0n) is 10.8. The first kappa shape index (κ1) is 14.0. The summed E-state index contributed by atoms with van der Waals surface area (Å²) in [6.45, 7) is 0.151. The summed E-state index contributed by atoms with van der Waals surface area (Å²) in [5, 5.41) is 5.86. The number of nitrogens with one attached hydrogen (secondary N) is 1. The first-order chi connectivity index (χ1) is 10.1. The molecule has 21 heavy (non-hydrogen) atoms. The molecule has 2 aromatic rings. The first-order valence-electron chi connectivity index (χ1n) is 6.42. The van der Waals surface area contributed by atoms with Crippen LogP contribution in [0.5, 0.6) is 0 Å². The van der Waals surface area contributed by atoms with E-state index < -0.39 is 17.5 Å². The lowest BCUT2D eigenvalue weighted by Crippen LogP contribution is -2.24. The Kier molecular flexibility index (Phi) is 3.63. The fraction of sp³-hybridized carbons (Fsp3) is 0.286. The molecule has 0 bridgehead atoms. The summed E-state index contributed by atoms with van der Waals surface area (Å²) in [5.41, 5.74) is 0.363. The molecule has 7 heteroatoms. The van der Waals surface area contributed by atoms with Crippen LogP contribution in [-0.2, 0) is 6.54 Å². The third-order valence-corrected chi connectivity index (χ3v) is 3.61. The third kappa shape index (κ3) is 2.90. The minimum atomic E-state index is -0.869. The molecular formula is C14H11ClF2N2O2. The van der Waals surface area contributed by atoms with Gasteiger partial charge in [0.2, 0.25) is 0 Å². The highest BCUT2D eigenvalue weighted by atomic mass is 35.5. The van der Waals surface area contributed by atoms with Gasteiger partial charge in [-0.15, -0.1) is 0 Å². The SMILES string of the molecule is O=C(NCc1cnoc1C1CC1)c1cc(F)c(Cl)cc1F. The highest BCUT2D eigenvalue weighted by molar-refractivity contribution is 6.30. The standard InChI is InChI=1S/C14H11ClF2N2O2/c15-10-4-11(16)9(3-12(10)17)14(20)18-5-8-6-19-21-13(8)7-1-2-7/h3-4,6-7H,1-2,5H2,(H,18,20). The summed E-state index contributed by atoms with van der Waals surface area (Å²) in [6.07, 6.45) is 3.59. The molecular weight excluding hydrogens is 302 g/mol. The minimum absolute atomic E-state index is 0.151. The van der Waals surface area contributed by atoms with Crippen molar-refractivity contribution >= 4 is 17.5 Å². The highest BCUT2D eigenvalue weighted by Gasteiger charge is 2.30. The van der Waals surface area contributed by atoms with Crippen molar-refractivity contribution in [2.24, 2.45) is 0 Å². The van der Waals surface area contributed by atoms with Crippen LogP contribution >= 0.6 is 11.6 Å². The Morgan fingerprint density at radius 3 is 2.86 bits per heavy atom. The smallest absolute Gasteiger partial charge is 0.254 e. The molecule has 0 spiro atoms. The molecule has 1 aliphatic carbocycles. The monoisotopic (exact) mass is 312 g/mol. The number of amides is 1. The fourth-order valence-corrected chi connectivity index (χ4v) is 2.20. The maximum atomic E-state index is 13.6. The summed E-state index contributed by atoms with van der Waals surface area (Å²) in [4.78, 5) is 11.9. The zero-order chi connectivity index (χ0) is 15.0. The van der Waals surface area contributed by atoms with E-state index in [-0.39, 0.29) is 17.1 Å². The summed E-state index contributed by atoms with van der Waals surface area (Å²) < 4.78 is 32.1. The van der Waals surface area contributed by atoms with Crippen molar-refractivity contribution in [3.05, 3.63) is 51.9 Å². The Labute approximate surface area is 124 Å². The molecule has 0 atom stereocenters. The summed E-state index contributed by atoms with van der Waals surface area (Å²) in [5.74, 6) is -1.33. The molecule has 1 aromatic heterocycles. The lowest BCUT2D eigenvalue weighted by molar-refractivity contribution is 0.0946. The molecule has 0 aliphatic heterocycles. The Morgan fingerprint density at radius 2 is 2.14 bits per heavy atom. The summed E-state index contributed by atoms with van der Waals surface area (Å²) in [6, 6.07) is 1.56. The largest absolute Gasteiger partial charge is 0.361 e. The topological polar surface area (TPSA) is 55.1 Å². The Balaban J connectivity index is 1.72. The van der Waals surface area contributed by atoms with Crippen molar-refractivity contribution in [3.63, 3.8) is 0 Å². The van der Waals surface area contributed by atoms with E-state index in [1.165, 1.54) is 6.20 Å². The maximum Gasteiger partial charge on any atom is 0.254 e. The molecule has 1 aromatic carbocycles. The molecule has 110 valence electrons. The van der Waals surface area contributed by atoms with E-state index in [9.17, 15) is 13.6 Å². The molecule has 4 nitrogen and oxygen atoms in total. The van der Waals surface area contributed by atoms with Gasteiger partial charge in [-0.3, -0.25) is 4.79 Å². The number of nitrogens with zero attached hydrogens (tertiary/aromatic N) is 1. The van der Waals surface area contributed by atoms with Gasteiger partial charge in [0.15, 0.2) is 0 Å². The molecule has 1 fully saturated rings. The van der Waals surface area contributed by atoms with E-state index in [0.29, 0.717) is 5.92 Å². The van der Waals surface area contributed by atoms with Gasteiger partial charge in [-0.2, -0.15) is 0 Å². The van der Waals surface area contributed by atoms with Crippen LogP contribution in [0.1, 0.15) is 40.4 Å². The van der Waals surface area contributed by atoms with Crippen molar-refractivity contribution in [2.75, 3.05) is 0 Å². The maximum absolute atomic E-state index is 13.6. The van der Waals surface area contributed by atoms with Crippen molar-refractivity contribution < 1.29 is 18.1 Å². The van der Waals surface area contributed by atoms with E-state index in [0.717, 1.165) is 36.3 Å². The van der Waals surface area contributed by atoms with Crippen molar-refractivity contribution in [1.29, 1.82) is 0 Å². The average molecular weight is 313 g/mol. The van der Waals surface area contributed by atoms with Gasteiger partial charge in [0.1, 0.15) is 17.4 Å². The number of hydrogen-bond donors (Lipinski definition) is 1. The number of hydrogen-bond acceptors (Lipinski definition) is 3. The van der Waals surface area contributed by atoms with E-state index in [4.69, 9.17) is 16.1 Å². The fourth-order valence-electron chi connectivity index (χ4n) is 2.05. The zero-order valence-corrected chi connectivity index (χ0v) is 11.6. The van der Waals surface area contributed by atoms with E-state index in [1.807, 2.05) is 0 Å². The Morgan fingerprint density at radius 1 is 1.38 bits per heavy atom.